The molecule has 0 aliphatic rings. The van der Waals surface area contributed by atoms with Gasteiger partial charge in [-0.05, 0) is 30.3 Å². The number of halogens is 1. The molecule has 0 atom stereocenters. The minimum Gasteiger partial charge on any atom is -0.326 e. The third kappa shape index (κ3) is 4.77. The Balaban J connectivity index is 2.03. The topological polar surface area (TPSA) is 130 Å². The molecular formula is C16H13ClN4O5. The van der Waals surface area contributed by atoms with E-state index in [0.29, 0.717) is 5.69 Å². The Bertz CT molecular complexity index is 883. The lowest BCUT2D eigenvalue weighted by molar-refractivity contribution is -0.384. The highest BCUT2D eigenvalue weighted by molar-refractivity contribution is 6.34. The molecule has 10 heteroatoms. The molecule has 0 saturated carbocycles. The quantitative estimate of drug-likeness (QED) is 0.556. The Hall–Kier alpha value is -3.46. The van der Waals surface area contributed by atoms with Gasteiger partial charge in [0.25, 0.3) is 17.5 Å². The number of nitro groups is 1. The van der Waals surface area contributed by atoms with Crippen molar-refractivity contribution in [2.24, 2.45) is 0 Å². The number of hydrogen-bond acceptors (Lipinski definition) is 5. The molecule has 0 unspecified atom stereocenters. The van der Waals surface area contributed by atoms with Crippen molar-refractivity contribution in [3.05, 3.63) is 68.7 Å². The standard InChI is InChI=1S/C16H13ClN4O5/c1-9(22)18-11-4-2-10(3-5-11)15(23)19-20-16(24)13-8-12(21(25)26)6-7-14(13)17/h2-8H,1H3,(H,18,22)(H,19,23)(H,20,24). The average Bonchev–Trinajstić information content (AvgIpc) is 2.59. The SMILES string of the molecule is CC(=O)Nc1ccc(C(=O)NNC(=O)c2cc([N+](=O)[O-])ccc2Cl)cc1. The number of hydrazine groups is 1. The summed E-state index contributed by atoms with van der Waals surface area (Å²) >= 11 is 5.86. The van der Waals surface area contributed by atoms with Crippen molar-refractivity contribution in [3.63, 3.8) is 0 Å². The lowest BCUT2D eigenvalue weighted by atomic mass is 10.2. The van der Waals surface area contributed by atoms with Crippen LogP contribution in [0.4, 0.5) is 11.4 Å². The largest absolute Gasteiger partial charge is 0.326 e. The summed E-state index contributed by atoms with van der Waals surface area (Å²) < 4.78 is 0. The number of carbonyl (C=O) groups is 3. The Morgan fingerprint density at radius 1 is 1.00 bits per heavy atom. The number of nitro benzene ring substituents is 1. The summed E-state index contributed by atoms with van der Waals surface area (Å²) in [7, 11) is 0. The van der Waals surface area contributed by atoms with Gasteiger partial charge in [-0.1, -0.05) is 11.6 Å². The van der Waals surface area contributed by atoms with Crippen molar-refractivity contribution < 1.29 is 19.3 Å². The first-order valence-electron chi connectivity index (χ1n) is 7.20. The number of rotatable bonds is 4. The Kier molecular flexibility index (Phi) is 5.86. The van der Waals surface area contributed by atoms with Gasteiger partial charge in [0.1, 0.15) is 0 Å². The van der Waals surface area contributed by atoms with Gasteiger partial charge in [0.05, 0.1) is 15.5 Å². The van der Waals surface area contributed by atoms with Crippen LogP contribution in [0.25, 0.3) is 0 Å². The number of benzene rings is 2. The van der Waals surface area contributed by atoms with Crippen LogP contribution in [0.5, 0.6) is 0 Å². The molecule has 2 rings (SSSR count). The molecule has 0 aromatic heterocycles. The molecule has 2 aromatic rings. The molecule has 0 radical (unpaired) electrons. The monoisotopic (exact) mass is 376 g/mol. The highest BCUT2D eigenvalue weighted by Crippen LogP contribution is 2.21. The van der Waals surface area contributed by atoms with E-state index in [-0.39, 0.29) is 27.7 Å². The minimum atomic E-state index is -0.804. The zero-order valence-corrected chi connectivity index (χ0v) is 14.2. The molecule has 0 spiro atoms. The second-order valence-electron chi connectivity index (χ2n) is 5.09. The van der Waals surface area contributed by atoms with Crippen LogP contribution in [0, 0.1) is 10.1 Å². The lowest BCUT2D eigenvalue weighted by Gasteiger charge is -2.09. The summed E-state index contributed by atoms with van der Waals surface area (Å²) in [6.45, 7) is 1.36. The van der Waals surface area contributed by atoms with Crippen molar-refractivity contribution in [1.29, 1.82) is 0 Å². The molecule has 0 aliphatic heterocycles. The molecule has 0 aliphatic carbocycles. The summed E-state index contributed by atoms with van der Waals surface area (Å²) in [5.74, 6) is -1.67. The Morgan fingerprint density at radius 3 is 2.19 bits per heavy atom. The smallest absolute Gasteiger partial charge is 0.271 e. The Morgan fingerprint density at radius 2 is 1.62 bits per heavy atom. The van der Waals surface area contributed by atoms with E-state index < -0.39 is 16.7 Å². The number of nitrogens with zero attached hydrogens (tertiary/aromatic N) is 1. The fraction of sp³-hybridized carbons (Fsp3) is 0.0625. The molecule has 9 nitrogen and oxygen atoms in total. The van der Waals surface area contributed by atoms with Gasteiger partial charge >= 0.3 is 0 Å². The minimum absolute atomic E-state index is 0.00186. The van der Waals surface area contributed by atoms with Gasteiger partial charge in [-0.15, -0.1) is 0 Å². The van der Waals surface area contributed by atoms with Crippen LogP contribution in [0.1, 0.15) is 27.6 Å². The van der Waals surface area contributed by atoms with E-state index in [0.717, 1.165) is 12.1 Å². The normalized spacial score (nSPS) is 9.92. The van der Waals surface area contributed by atoms with Crippen LogP contribution in [0.3, 0.4) is 0 Å². The highest BCUT2D eigenvalue weighted by atomic mass is 35.5. The molecule has 0 saturated heterocycles. The molecule has 3 amide bonds. The summed E-state index contributed by atoms with van der Waals surface area (Å²) in [6, 6.07) is 9.34. The molecule has 0 heterocycles. The maximum Gasteiger partial charge on any atom is 0.271 e. The second kappa shape index (κ2) is 8.08. The highest BCUT2D eigenvalue weighted by Gasteiger charge is 2.16. The Labute approximate surface area is 152 Å². The van der Waals surface area contributed by atoms with E-state index in [1.165, 1.54) is 37.3 Å². The fourth-order valence-electron chi connectivity index (χ4n) is 1.96. The molecule has 0 fully saturated rings. The van der Waals surface area contributed by atoms with Gasteiger partial charge in [0, 0.05) is 30.3 Å². The van der Waals surface area contributed by atoms with E-state index in [4.69, 9.17) is 11.6 Å². The van der Waals surface area contributed by atoms with Crippen molar-refractivity contribution in [2.45, 2.75) is 6.92 Å². The first-order valence-corrected chi connectivity index (χ1v) is 7.58. The molecule has 3 N–H and O–H groups in total. The van der Waals surface area contributed by atoms with Crippen LogP contribution in [0.2, 0.25) is 5.02 Å². The summed E-state index contributed by atoms with van der Waals surface area (Å²) in [5, 5.41) is 13.3. The zero-order valence-electron chi connectivity index (χ0n) is 13.4. The fourth-order valence-corrected chi connectivity index (χ4v) is 2.17. The van der Waals surface area contributed by atoms with Crippen LogP contribution < -0.4 is 16.2 Å². The van der Waals surface area contributed by atoms with E-state index in [2.05, 4.69) is 16.2 Å². The number of hydrogen-bond donors (Lipinski definition) is 3. The number of non-ortho nitro benzene ring substituents is 1. The number of carbonyl (C=O) groups excluding carboxylic acids is 3. The van der Waals surface area contributed by atoms with E-state index in [1.807, 2.05) is 0 Å². The predicted molar refractivity (Wildman–Crippen MR) is 93.8 cm³/mol. The van der Waals surface area contributed by atoms with Crippen LogP contribution in [-0.2, 0) is 4.79 Å². The molecule has 2 aromatic carbocycles. The lowest BCUT2D eigenvalue weighted by Crippen LogP contribution is -2.41. The van der Waals surface area contributed by atoms with E-state index in [9.17, 15) is 24.5 Å². The summed E-state index contributed by atoms with van der Waals surface area (Å²) in [5.41, 5.74) is 4.60. The third-order valence-corrected chi connectivity index (χ3v) is 3.49. The van der Waals surface area contributed by atoms with Gasteiger partial charge in [-0.2, -0.15) is 0 Å². The molecule has 134 valence electrons. The van der Waals surface area contributed by atoms with Gasteiger partial charge in [0.15, 0.2) is 0 Å². The van der Waals surface area contributed by atoms with E-state index >= 15 is 0 Å². The summed E-state index contributed by atoms with van der Waals surface area (Å²) in [4.78, 5) is 45.1. The maximum atomic E-state index is 12.1. The van der Waals surface area contributed by atoms with Crippen molar-refractivity contribution in [1.82, 2.24) is 10.9 Å². The van der Waals surface area contributed by atoms with Gasteiger partial charge in [0.2, 0.25) is 5.91 Å². The van der Waals surface area contributed by atoms with Gasteiger partial charge < -0.3 is 5.32 Å². The molecular weight excluding hydrogens is 364 g/mol. The first-order chi connectivity index (χ1) is 12.3. The predicted octanol–water partition coefficient (Wildman–Crippen LogP) is 2.28. The zero-order chi connectivity index (χ0) is 19.3. The van der Waals surface area contributed by atoms with Crippen molar-refractivity contribution in [3.8, 4) is 0 Å². The number of nitrogens with one attached hydrogen (secondary N) is 3. The first kappa shape index (κ1) is 18.9. The van der Waals surface area contributed by atoms with Crippen LogP contribution in [-0.4, -0.2) is 22.6 Å². The van der Waals surface area contributed by atoms with Crippen LogP contribution in [0.15, 0.2) is 42.5 Å². The summed E-state index contributed by atoms with van der Waals surface area (Å²) in [6.07, 6.45) is 0. The van der Waals surface area contributed by atoms with Crippen LogP contribution >= 0.6 is 11.6 Å². The van der Waals surface area contributed by atoms with Gasteiger partial charge in [-0.3, -0.25) is 35.3 Å². The molecule has 26 heavy (non-hydrogen) atoms. The van der Waals surface area contributed by atoms with E-state index in [1.54, 1.807) is 0 Å². The molecule has 0 bridgehead atoms. The third-order valence-electron chi connectivity index (χ3n) is 3.16. The average molecular weight is 377 g/mol. The maximum absolute atomic E-state index is 12.1. The second-order valence-corrected chi connectivity index (χ2v) is 5.50. The van der Waals surface area contributed by atoms with Gasteiger partial charge in [-0.25, -0.2) is 0 Å². The number of anilines is 1. The van der Waals surface area contributed by atoms with Crippen molar-refractivity contribution in [2.75, 3.05) is 5.32 Å². The van der Waals surface area contributed by atoms with Crippen molar-refractivity contribution >= 4 is 40.7 Å². The number of amides is 3.